The maximum absolute atomic E-state index is 11.9. The number of benzene rings is 1. The molecule has 2 aromatic rings. The zero-order chi connectivity index (χ0) is 17.9. The number of nitrogens with two attached hydrogens (primary N) is 1. The number of ether oxygens (including phenoxy) is 4. The quantitative estimate of drug-likeness (QED) is 0.774. The third-order valence-corrected chi connectivity index (χ3v) is 3.96. The molecule has 0 spiro atoms. The van der Waals surface area contributed by atoms with Crippen molar-refractivity contribution in [3.63, 3.8) is 0 Å². The van der Waals surface area contributed by atoms with Gasteiger partial charge in [0.05, 0.1) is 33.5 Å². The molecular formula is C16H19ClN2O5. The molecule has 24 heavy (non-hydrogen) atoms. The summed E-state index contributed by atoms with van der Waals surface area (Å²) < 4.78 is 20.9. The van der Waals surface area contributed by atoms with Crippen LogP contribution in [0.25, 0.3) is 11.1 Å². The zero-order valence-corrected chi connectivity index (χ0v) is 14.6. The monoisotopic (exact) mass is 354 g/mol. The summed E-state index contributed by atoms with van der Waals surface area (Å²) in [7, 11) is 5.82. The number of aromatic nitrogens is 1. The average Bonchev–Trinajstić information content (AvgIpc) is 2.95. The molecule has 0 aliphatic rings. The highest BCUT2D eigenvalue weighted by molar-refractivity contribution is 6.36. The van der Waals surface area contributed by atoms with Crippen LogP contribution in [0.4, 0.5) is 0 Å². The molecule has 0 amide bonds. The lowest BCUT2D eigenvalue weighted by atomic mass is 10.0. The van der Waals surface area contributed by atoms with Crippen LogP contribution in [-0.4, -0.2) is 39.4 Å². The summed E-state index contributed by atoms with van der Waals surface area (Å²) in [5, 5.41) is 0.202. The minimum atomic E-state index is -0.583. The fraction of sp³-hybridized carbons (Fsp3) is 0.312. The Morgan fingerprint density at radius 2 is 1.79 bits per heavy atom. The van der Waals surface area contributed by atoms with Gasteiger partial charge < -0.3 is 29.7 Å². The first-order chi connectivity index (χ1) is 11.5. The molecule has 0 bridgehead atoms. The second kappa shape index (κ2) is 7.46. The second-order valence-electron chi connectivity index (χ2n) is 4.75. The predicted octanol–water partition coefficient (Wildman–Crippen LogP) is 2.61. The number of esters is 1. The highest BCUT2D eigenvalue weighted by Gasteiger charge is 2.26. The minimum Gasteiger partial charge on any atom is -0.493 e. The Labute approximate surface area is 144 Å². The van der Waals surface area contributed by atoms with E-state index in [0.29, 0.717) is 34.1 Å². The van der Waals surface area contributed by atoms with Crippen LogP contribution < -0.4 is 19.9 Å². The lowest BCUT2D eigenvalue weighted by molar-refractivity contribution is 0.0595. The maximum atomic E-state index is 11.9. The maximum Gasteiger partial charge on any atom is 0.356 e. The summed E-state index contributed by atoms with van der Waals surface area (Å²) in [4.78, 5) is 14.8. The summed E-state index contributed by atoms with van der Waals surface area (Å²) in [5.41, 5.74) is 7.67. The molecule has 0 unspecified atom stereocenters. The van der Waals surface area contributed by atoms with Crippen molar-refractivity contribution in [2.45, 2.75) is 6.54 Å². The number of nitrogens with one attached hydrogen (secondary N) is 1. The van der Waals surface area contributed by atoms with E-state index in [2.05, 4.69) is 4.98 Å². The van der Waals surface area contributed by atoms with Crippen molar-refractivity contribution in [2.24, 2.45) is 5.73 Å². The van der Waals surface area contributed by atoms with Crippen LogP contribution in [-0.2, 0) is 11.3 Å². The summed E-state index contributed by atoms with van der Waals surface area (Å²) >= 11 is 6.40. The smallest absolute Gasteiger partial charge is 0.356 e. The number of methoxy groups -OCH3 is 4. The number of halogens is 1. The molecule has 0 atom stereocenters. The van der Waals surface area contributed by atoms with Gasteiger partial charge in [-0.2, -0.15) is 0 Å². The molecule has 130 valence electrons. The Balaban J connectivity index is 2.77. The number of hydrogen-bond acceptors (Lipinski definition) is 6. The standard InChI is InChI=1S/C16H19ClN2O5/c1-21-10-6-5-8(14(22-2)15(10)23-3)11-9(7-18)19-13(12(11)17)16(20)24-4/h5-6,19H,7,18H2,1-4H3. The van der Waals surface area contributed by atoms with E-state index < -0.39 is 5.97 Å². The third kappa shape index (κ3) is 2.88. The van der Waals surface area contributed by atoms with Crippen molar-refractivity contribution in [1.82, 2.24) is 4.98 Å². The van der Waals surface area contributed by atoms with Crippen molar-refractivity contribution >= 4 is 17.6 Å². The molecular weight excluding hydrogens is 336 g/mol. The number of aromatic amines is 1. The number of rotatable bonds is 6. The van der Waals surface area contributed by atoms with Crippen molar-refractivity contribution in [2.75, 3.05) is 28.4 Å². The average molecular weight is 355 g/mol. The van der Waals surface area contributed by atoms with Gasteiger partial charge in [0.2, 0.25) is 5.75 Å². The van der Waals surface area contributed by atoms with Gasteiger partial charge in [-0.1, -0.05) is 11.6 Å². The fourth-order valence-electron chi connectivity index (χ4n) is 2.50. The number of carbonyl (C=O) groups excluding carboxylic acids is 1. The van der Waals surface area contributed by atoms with E-state index >= 15 is 0 Å². The zero-order valence-electron chi connectivity index (χ0n) is 13.9. The largest absolute Gasteiger partial charge is 0.493 e. The van der Waals surface area contributed by atoms with Gasteiger partial charge in [0.25, 0.3) is 0 Å². The molecule has 0 radical (unpaired) electrons. The van der Waals surface area contributed by atoms with Gasteiger partial charge in [0, 0.05) is 23.4 Å². The Hall–Kier alpha value is -2.38. The van der Waals surface area contributed by atoms with Gasteiger partial charge in [-0.3, -0.25) is 0 Å². The first-order valence-corrected chi connectivity index (χ1v) is 7.39. The van der Waals surface area contributed by atoms with Crippen LogP contribution in [0, 0.1) is 0 Å². The summed E-state index contributed by atoms with van der Waals surface area (Å²) in [5.74, 6) is 0.758. The van der Waals surface area contributed by atoms with Crippen LogP contribution in [0.5, 0.6) is 17.2 Å². The molecule has 1 aromatic heterocycles. The number of carbonyl (C=O) groups is 1. The van der Waals surface area contributed by atoms with Gasteiger partial charge in [0.1, 0.15) is 5.69 Å². The Morgan fingerprint density at radius 3 is 2.29 bits per heavy atom. The normalized spacial score (nSPS) is 10.4. The van der Waals surface area contributed by atoms with Crippen molar-refractivity contribution in [3.05, 3.63) is 28.5 Å². The topological polar surface area (TPSA) is 95.8 Å². The van der Waals surface area contributed by atoms with Gasteiger partial charge in [0.15, 0.2) is 11.5 Å². The van der Waals surface area contributed by atoms with E-state index in [-0.39, 0.29) is 17.3 Å². The fourth-order valence-corrected chi connectivity index (χ4v) is 2.84. The Bertz CT molecular complexity index is 757. The van der Waals surface area contributed by atoms with E-state index in [1.54, 1.807) is 12.1 Å². The molecule has 1 heterocycles. The molecule has 2 rings (SSSR count). The lowest BCUT2D eigenvalue weighted by Gasteiger charge is -2.16. The molecule has 1 aromatic carbocycles. The van der Waals surface area contributed by atoms with Crippen molar-refractivity contribution in [3.8, 4) is 28.4 Å². The summed E-state index contributed by atoms with van der Waals surface area (Å²) in [6.07, 6.45) is 0. The van der Waals surface area contributed by atoms with E-state index in [1.807, 2.05) is 0 Å². The predicted molar refractivity (Wildman–Crippen MR) is 90.1 cm³/mol. The molecule has 8 heteroatoms. The van der Waals surface area contributed by atoms with E-state index in [1.165, 1.54) is 28.4 Å². The van der Waals surface area contributed by atoms with Gasteiger partial charge in [-0.15, -0.1) is 0 Å². The van der Waals surface area contributed by atoms with Gasteiger partial charge in [-0.05, 0) is 12.1 Å². The van der Waals surface area contributed by atoms with Gasteiger partial charge in [-0.25, -0.2) is 4.79 Å². The van der Waals surface area contributed by atoms with Crippen molar-refractivity contribution in [1.29, 1.82) is 0 Å². The molecule has 0 fully saturated rings. The van der Waals surface area contributed by atoms with Crippen LogP contribution in [0.3, 0.4) is 0 Å². The summed E-state index contributed by atoms with van der Waals surface area (Å²) in [6.45, 7) is 0.142. The lowest BCUT2D eigenvalue weighted by Crippen LogP contribution is -2.03. The first-order valence-electron chi connectivity index (χ1n) is 7.02. The van der Waals surface area contributed by atoms with E-state index in [9.17, 15) is 4.79 Å². The number of H-pyrrole nitrogens is 1. The van der Waals surface area contributed by atoms with E-state index in [4.69, 9.17) is 36.3 Å². The Kier molecular flexibility index (Phi) is 5.58. The molecule has 0 saturated carbocycles. The highest BCUT2D eigenvalue weighted by Crippen LogP contribution is 2.47. The molecule has 0 aliphatic carbocycles. The van der Waals surface area contributed by atoms with Crippen molar-refractivity contribution < 1.29 is 23.7 Å². The highest BCUT2D eigenvalue weighted by atomic mass is 35.5. The van der Waals surface area contributed by atoms with Gasteiger partial charge >= 0.3 is 5.97 Å². The molecule has 0 saturated heterocycles. The van der Waals surface area contributed by atoms with Crippen LogP contribution in [0.15, 0.2) is 12.1 Å². The third-order valence-electron chi connectivity index (χ3n) is 3.58. The second-order valence-corrected chi connectivity index (χ2v) is 5.12. The SMILES string of the molecule is COC(=O)c1[nH]c(CN)c(-c2ccc(OC)c(OC)c2OC)c1Cl. The molecule has 0 aliphatic heterocycles. The summed E-state index contributed by atoms with van der Waals surface area (Å²) in [6, 6.07) is 3.48. The van der Waals surface area contributed by atoms with Crippen LogP contribution in [0.2, 0.25) is 5.02 Å². The Morgan fingerprint density at radius 1 is 1.12 bits per heavy atom. The minimum absolute atomic E-state index is 0.131. The molecule has 7 nitrogen and oxygen atoms in total. The molecule has 3 N–H and O–H groups in total. The van der Waals surface area contributed by atoms with Crippen LogP contribution in [0.1, 0.15) is 16.2 Å². The number of hydrogen-bond donors (Lipinski definition) is 2. The van der Waals surface area contributed by atoms with Crippen LogP contribution >= 0.6 is 11.6 Å². The van der Waals surface area contributed by atoms with E-state index in [0.717, 1.165) is 0 Å². The first kappa shape index (κ1) is 18.0.